The summed E-state index contributed by atoms with van der Waals surface area (Å²) in [6.07, 6.45) is 0. The zero-order valence-electron chi connectivity index (χ0n) is 14.8. The minimum atomic E-state index is -3.76. The third-order valence-electron chi connectivity index (χ3n) is 4.15. The topological polar surface area (TPSA) is 89.2 Å². The maximum Gasteiger partial charge on any atom is 0.263 e. The summed E-state index contributed by atoms with van der Waals surface area (Å²) in [4.78, 5) is 0.224. The van der Waals surface area contributed by atoms with Crippen molar-refractivity contribution in [2.75, 3.05) is 4.72 Å². The first-order valence-electron chi connectivity index (χ1n) is 8.32. The van der Waals surface area contributed by atoms with Crippen LogP contribution in [-0.4, -0.2) is 28.2 Å². The number of aromatic nitrogens is 4. The van der Waals surface area contributed by atoms with Crippen LogP contribution in [0.4, 0.5) is 5.82 Å². The van der Waals surface area contributed by atoms with E-state index in [1.54, 1.807) is 31.2 Å². The number of sulfonamides is 1. The molecule has 1 N–H and O–H groups in total. The van der Waals surface area contributed by atoms with Gasteiger partial charge >= 0.3 is 0 Å². The van der Waals surface area contributed by atoms with Crippen LogP contribution < -0.4 is 4.72 Å². The molecule has 7 nitrogen and oxygen atoms in total. The number of hydrogen-bond donors (Lipinski definition) is 1. The number of benzene rings is 2. The van der Waals surface area contributed by atoms with Crippen molar-refractivity contribution < 1.29 is 8.42 Å². The highest BCUT2D eigenvalue weighted by Crippen LogP contribution is 2.21. The van der Waals surface area contributed by atoms with Crippen LogP contribution in [0.3, 0.4) is 0 Å². The highest BCUT2D eigenvalue weighted by molar-refractivity contribution is 7.92. The summed E-state index contributed by atoms with van der Waals surface area (Å²) in [7, 11) is -3.76. The highest BCUT2D eigenvalue weighted by atomic mass is 32.2. The van der Waals surface area contributed by atoms with E-state index in [1.165, 1.54) is 4.52 Å². The van der Waals surface area contributed by atoms with Gasteiger partial charge in [0.15, 0.2) is 17.3 Å². The number of hydrogen-bond acceptors (Lipinski definition) is 5. The van der Waals surface area contributed by atoms with E-state index in [-0.39, 0.29) is 10.7 Å². The van der Waals surface area contributed by atoms with E-state index < -0.39 is 10.0 Å². The van der Waals surface area contributed by atoms with Crippen molar-refractivity contribution in [2.24, 2.45) is 0 Å². The molecule has 0 radical (unpaired) electrons. The molecule has 0 amide bonds. The Balaban J connectivity index is 1.74. The number of aryl methyl sites for hydroxylation is 2. The zero-order valence-corrected chi connectivity index (χ0v) is 15.6. The number of nitrogens with zero attached hydrogens (tertiary/aromatic N) is 4. The predicted octanol–water partition coefficient (Wildman–Crippen LogP) is 3.21. The van der Waals surface area contributed by atoms with Crippen molar-refractivity contribution in [3.8, 4) is 11.4 Å². The van der Waals surface area contributed by atoms with Gasteiger partial charge in [-0.15, -0.1) is 15.3 Å². The summed E-state index contributed by atoms with van der Waals surface area (Å²) in [6.45, 7) is 3.69. The Morgan fingerprint density at radius 2 is 1.70 bits per heavy atom. The minimum absolute atomic E-state index is 0.194. The van der Waals surface area contributed by atoms with Crippen molar-refractivity contribution in [1.82, 2.24) is 19.8 Å². The van der Waals surface area contributed by atoms with Gasteiger partial charge in [-0.25, -0.2) is 8.42 Å². The lowest BCUT2D eigenvalue weighted by Gasteiger charge is -2.10. The summed E-state index contributed by atoms with van der Waals surface area (Å²) in [5.74, 6) is 0.734. The van der Waals surface area contributed by atoms with Gasteiger partial charge in [0.25, 0.3) is 10.0 Å². The van der Waals surface area contributed by atoms with Crippen molar-refractivity contribution >= 4 is 21.5 Å². The maximum atomic E-state index is 12.8. The second kappa shape index (κ2) is 6.48. The molecule has 0 atom stereocenters. The molecule has 0 fully saturated rings. The van der Waals surface area contributed by atoms with Crippen LogP contribution in [0, 0.1) is 13.8 Å². The van der Waals surface area contributed by atoms with E-state index in [2.05, 4.69) is 20.0 Å². The summed E-state index contributed by atoms with van der Waals surface area (Å²) < 4.78 is 29.6. The Labute approximate surface area is 156 Å². The average molecular weight is 379 g/mol. The fourth-order valence-corrected chi connectivity index (χ4v) is 4.13. The Bertz CT molecular complexity index is 1230. The van der Waals surface area contributed by atoms with E-state index >= 15 is 0 Å². The van der Waals surface area contributed by atoms with Crippen molar-refractivity contribution in [3.05, 3.63) is 71.8 Å². The molecule has 0 aliphatic heterocycles. The number of fused-ring (bicyclic) bond motifs is 1. The molecule has 2 aromatic carbocycles. The molecule has 27 heavy (non-hydrogen) atoms. The van der Waals surface area contributed by atoms with Crippen LogP contribution in [0.15, 0.2) is 65.6 Å². The third kappa shape index (κ3) is 3.26. The monoisotopic (exact) mass is 379 g/mol. The molecule has 0 aliphatic carbocycles. The van der Waals surface area contributed by atoms with Crippen LogP contribution in [0.25, 0.3) is 17.0 Å². The van der Waals surface area contributed by atoms with Gasteiger partial charge in [-0.3, -0.25) is 4.72 Å². The van der Waals surface area contributed by atoms with E-state index in [4.69, 9.17) is 0 Å². The van der Waals surface area contributed by atoms with Crippen LogP contribution in [0.5, 0.6) is 0 Å². The molecular formula is C19H17N5O2S. The standard InChI is InChI=1S/C19H17N5O2S/c1-13-8-9-16(14(2)12-13)27(25,26)23-17-10-11-18-20-21-19(24(18)22-17)15-6-4-3-5-7-15/h3-12H,1-2H3,(H,22,23). The highest BCUT2D eigenvalue weighted by Gasteiger charge is 2.18. The van der Waals surface area contributed by atoms with Crippen LogP contribution >= 0.6 is 0 Å². The molecular weight excluding hydrogens is 362 g/mol. The normalized spacial score (nSPS) is 11.6. The second-order valence-corrected chi connectivity index (χ2v) is 7.90. The van der Waals surface area contributed by atoms with Gasteiger partial charge in [-0.1, -0.05) is 48.0 Å². The maximum absolute atomic E-state index is 12.8. The number of anilines is 1. The van der Waals surface area contributed by atoms with E-state index in [1.807, 2.05) is 43.3 Å². The molecule has 0 bridgehead atoms. The lowest BCUT2D eigenvalue weighted by molar-refractivity contribution is 0.600. The predicted molar refractivity (Wildman–Crippen MR) is 103 cm³/mol. The Morgan fingerprint density at radius 3 is 2.44 bits per heavy atom. The fraction of sp³-hybridized carbons (Fsp3) is 0.105. The van der Waals surface area contributed by atoms with E-state index in [9.17, 15) is 8.42 Å². The summed E-state index contributed by atoms with van der Waals surface area (Å²) in [5, 5.41) is 12.6. The van der Waals surface area contributed by atoms with Gasteiger partial charge in [0, 0.05) is 5.56 Å². The van der Waals surface area contributed by atoms with E-state index in [0.29, 0.717) is 17.0 Å². The molecule has 4 aromatic rings. The summed E-state index contributed by atoms with van der Waals surface area (Å²) in [6, 6.07) is 17.9. The lowest BCUT2D eigenvalue weighted by atomic mass is 10.2. The molecule has 0 unspecified atom stereocenters. The molecule has 4 rings (SSSR count). The smallest absolute Gasteiger partial charge is 0.262 e. The van der Waals surface area contributed by atoms with Crippen molar-refractivity contribution in [2.45, 2.75) is 18.7 Å². The Morgan fingerprint density at radius 1 is 0.926 bits per heavy atom. The first kappa shape index (κ1) is 17.2. The molecule has 0 saturated heterocycles. The first-order chi connectivity index (χ1) is 12.9. The average Bonchev–Trinajstić information content (AvgIpc) is 3.05. The molecule has 0 saturated carbocycles. The third-order valence-corrected chi connectivity index (χ3v) is 5.67. The zero-order chi connectivity index (χ0) is 19.0. The number of nitrogens with one attached hydrogen (secondary N) is 1. The van der Waals surface area contributed by atoms with Gasteiger partial charge in [0.2, 0.25) is 0 Å². The van der Waals surface area contributed by atoms with Crippen LogP contribution in [-0.2, 0) is 10.0 Å². The minimum Gasteiger partial charge on any atom is -0.262 e. The van der Waals surface area contributed by atoms with E-state index in [0.717, 1.165) is 11.1 Å². The Hall–Kier alpha value is -3.26. The van der Waals surface area contributed by atoms with Gasteiger partial charge < -0.3 is 0 Å². The largest absolute Gasteiger partial charge is 0.263 e. The quantitative estimate of drug-likeness (QED) is 0.588. The number of rotatable bonds is 4. The first-order valence-corrected chi connectivity index (χ1v) is 9.80. The lowest BCUT2D eigenvalue weighted by Crippen LogP contribution is -2.16. The molecule has 0 aliphatic rings. The SMILES string of the molecule is Cc1ccc(S(=O)(=O)Nc2ccc3nnc(-c4ccccc4)n3n2)c(C)c1. The van der Waals surface area contributed by atoms with Gasteiger partial charge in [0.05, 0.1) is 4.90 Å². The summed E-state index contributed by atoms with van der Waals surface area (Å²) >= 11 is 0. The summed E-state index contributed by atoms with van der Waals surface area (Å²) in [5.41, 5.74) is 3.05. The molecule has 0 spiro atoms. The van der Waals surface area contributed by atoms with Gasteiger partial charge in [0.1, 0.15) is 0 Å². The Kier molecular flexibility index (Phi) is 4.12. The fourth-order valence-electron chi connectivity index (χ4n) is 2.90. The molecule has 136 valence electrons. The van der Waals surface area contributed by atoms with Gasteiger partial charge in [-0.2, -0.15) is 4.52 Å². The van der Waals surface area contributed by atoms with Crippen molar-refractivity contribution in [3.63, 3.8) is 0 Å². The molecule has 2 heterocycles. The molecule has 2 aromatic heterocycles. The van der Waals surface area contributed by atoms with Crippen LogP contribution in [0.1, 0.15) is 11.1 Å². The van der Waals surface area contributed by atoms with Crippen molar-refractivity contribution in [1.29, 1.82) is 0 Å². The molecule has 8 heteroatoms. The van der Waals surface area contributed by atoms with Crippen LogP contribution in [0.2, 0.25) is 0 Å². The van der Waals surface area contributed by atoms with Gasteiger partial charge in [-0.05, 0) is 37.6 Å². The second-order valence-electron chi connectivity index (χ2n) is 6.25.